The summed E-state index contributed by atoms with van der Waals surface area (Å²) < 4.78 is 17.4. The molecule has 0 fully saturated rings. The largest absolute Gasteiger partial charge is 0.0622 e. The standard InChI is InChI=1S/2C18H15P.C6H4BO2.CO.ClH.Ru/c2*1-4-10-16(11-5-1)19(17-12-6-2-7-13-17)18-14-8-3-9-15-18;1-2-4-6-5(3-1)8-7-9-6;1-2;;/h2*1-15H;1-4H;;1H;/q;;;;;+1/p-1. The number of hydrogen-bond donors (Lipinski definition) is 0. The molecular weight excluding hydrogens is 774 g/mol. The molecule has 0 aliphatic carbocycles. The van der Waals surface area contributed by atoms with Gasteiger partial charge < -0.3 is 9.31 Å². The van der Waals surface area contributed by atoms with Gasteiger partial charge in [-0.2, -0.15) is 0 Å². The van der Waals surface area contributed by atoms with Crippen LogP contribution in [0, 0.1) is 6.65 Å². The maximum Gasteiger partial charge on any atom is -0.0134 e. The molecule has 8 heteroatoms. The predicted octanol–water partition coefficient (Wildman–Crippen LogP) is 8.53. The second-order valence-corrected chi connectivity index (χ2v) is 14.9. The maximum absolute atomic E-state index is 7.50. The zero-order valence-electron chi connectivity index (χ0n) is 27.6. The van der Waals surface area contributed by atoms with Crippen molar-refractivity contribution in [1.82, 2.24) is 0 Å². The molecule has 0 aromatic heterocycles. The summed E-state index contributed by atoms with van der Waals surface area (Å²) >= 11 is 1.82. The van der Waals surface area contributed by atoms with Gasteiger partial charge in [-0.1, -0.05) is 194 Å². The van der Waals surface area contributed by atoms with Crippen molar-refractivity contribution in [2.45, 2.75) is 0 Å². The van der Waals surface area contributed by atoms with E-state index in [1.807, 2.05) is 41.6 Å². The van der Waals surface area contributed by atoms with Crippen LogP contribution in [0.4, 0.5) is 0 Å². The zero-order chi connectivity index (χ0) is 35.9. The Kier molecular flexibility index (Phi) is 18.0. The topological polar surface area (TPSA) is 38.4 Å². The predicted molar refractivity (Wildman–Crippen MR) is 214 cm³/mol. The van der Waals surface area contributed by atoms with E-state index in [1.165, 1.54) is 39.5 Å². The van der Waals surface area contributed by atoms with Crippen LogP contribution < -0.4 is 41.1 Å². The fourth-order valence-corrected chi connectivity index (χ4v) is 9.74. The maximum atomic E-state index is 7.50. The van der Waals surface area contributed by atoms with Gasteiger partial charge in [-0.25, -0.2) is 0 Å². The zero-order valence-corrected chi connectivity index (χ0v) is 31.8. The van der Waals surface area contributed by atoms with E-state index in [9.17, 15) is 0 Å². The minimum Gasteiger partial charge on any atom is -0.0622 e. The molecule has 0 bridgehead atoms. The minimum atomic E-state index is -0.446. The molecule has 7 aromatic rings. The molecule has 7 aromatic carbocycles. The van der Waals surface area contributed by atoms with Crippen LogP contribution in [-0.4, -0.2) is 7.69 Å². The number of benzene rings is 7. The monoisotopic (exact) mass is 808 g/mol. The second-order valence-electron chi connectivity index (χ2n) is 10.5. The van der Waals surface area contributed by atoms with Gasteiger partial charge in [0.1, 0.15) is 11.5 Å². The van der Waals surface area contributed by atoms with Crippen LogP contribution >= 0.6 is 25.5 Å². The van der Waals surface area contributed by atoms with Crippen molar-refractivity contribution in [2.75, 3.05) is 0 Å². The molecule has 1 radical (unpaired) electrons. The Balaban J connectivity index is 0.000000172. The van der Waals surface area contributed by atoms with Gasteiger partial charge in [0, 0.05) is 0 Å². The molecule has 3 nitrogen and oxygen atoms in total. The van der Waals surface area contributed by atoms with Gasteiger partial charge in [0.2, 0.25) is 0 Å². The Morgan fingerprint density at radius 3 is 0.725 bits per heavy atom. The molecular formula is C43H34BClO3P2Ru. The molecule has 0 N–H and O–H groups in total. The van der Waals surface area contributed by atoms with Gasteiger partial charge in [0.05, 0.1) is 0 Å². The Hall–Kier alpha value is -4.28. The Morgan fingerprint density at radius 2 is 0.529 bits per heavy atom. The van der Waals surface area contributed by atoms with Crippen molar-refractivity contribution >= 4 is 65.0 Å². The van der Waals surface area contributed by atoms with Gasteiger partial charge in [-0.3, -0.25) is 0 Å². The molecule has 252 valence electrons. The van der Waals surface area contributed by atoms with Crippen LogP contribution in [-0.2, 0) is 22.0 Å². The third-order valence-corrected chi connectivity index (χ3v) is 12.2. The van der Waals surface area contributed by atoms with Crippen LogP contribution in [0.25, 0.3) is 0 Å². The summed E-state index contributed by atoms with van der Waals surface area (Å²) in [4.78, 5) is 0. The van der Waals surface area contributed by atoms with Gasteiger partial charge in [-0.15, -0.1) is 0 Å². The van der Waals surface area contributed by atoms with Crippen LogP contribution in [0.2, 0.25) is 0 Å². The van der Waals surface area contributed by atoms with E-state index in [0.29, 0.717) is 0 Å². The Labute approximate surface area is 318 Å². The van der Waals surface area contributed by atoms with E-state index in [4.69, 9.17) is 14.0 Å². The molecule has 0 saturated heterocycles. The van der Waals surface area contributed by atoms with E-state index in [-0.39, 0.29) is 0 Å². The van der Waals surface area contributed by atoms with Crippen molar-refractivity contribution in [1.29, 1.82) is 0 Å². The Morgan fingerprint density at radius 1 is 0.353 bits per heavy atom. The van der Waals surface area contributed by atoms with Crippen LogP contribution in [0.5, 0.6) is 11.5 Å². The van der Waals surface area contributed by atoms with Crippen LogP contribution in [0.1, 0.15) is 0 Å². The van der Waals surface area contributed by atoms with Crippen molar-refractivity contribution in [2.24, 2.45) is 0 Å². The molecule has 0 unspecified atom stereocenters. The van der Waals surface area contributed by atoms with Gasteiger partial charge in [0.15, 0.2) is 0 Å². The third kappa shape index (κ3) is 12.2. The molecule has 1 aliphatic heterocycles. The summed E-state index contributed by atoms with van der Waals surface area (Å²) in [6.07, 6.45) is 0. The Bertz CT molecular complexity index is 1630. The van der Waals surface area contributed by atoms with Gasteiger partial charge >= 0.3 is 46.0 Å². The molecule has 8 rings (SSSR count). The quantitative estimate of drug-likeness (QED) is 0.0732. The summed E-state index contributed by atoms with van der Waals surface area (Å²) in [7, 11) is 5.00. The normalized spacial score (nSPS) is 10.3. The van der Waals surface area contributed by atoms with Crippen molar-refractivity contribution < 1.29 is 31.3 Å². The van der Waals surface area contributed by atoms with Crippen molar-refractivity contribution in [3.63, 3.8) is 0 Å². The van der Waals surface area contributed by atoms with E-state index >= 15 is 0 Å². The van der Waals surface area contributed by atoms with Gasteiger partial charge in [0.25, 0.3) is 0 Å². The number of para-hydroxylation sites is 2. The molecule has 0 amide bonds. The first kappa shape index (κ1) is 39.5. The molecule has 1 heterocycles. The summed E-state index contributed by atoms with van der Waals surface area (Å²) in [5, 5.41) is 8.39. The summed E-state index contributed by atoms with van der Waals surface area (Å²) in [5.74, 6) is 1.58. The fraction of sp³-hybridized carbons (Fsp3) is 0. The minimum absolute atomic E-state index is 0.446. The van der Waals surface area contributed by atoms with Crippen LogP contribution in [0.3, 0.4) is 0 Å². The molecule has 1 aliphatic rings. The van der Waals surface area contributed by atoms with Gasteiger partial charge in [-0.05, 0) is 59.8 Å². The van der Waals surface area contributed by atoms with E-state index in [0.717, 1.165) is 11.5 Å². The molecule has 0 atom stereocenters. The van der Waals surface area contributed by atoms with E-state index in [1.54, 1.807) is 0 Å². The molecule has 0 saturated carbocycles. The van der Waals surface area contributed by atoms with Crippen LogP contribution in [0.15, 0.2) is 206 Å². The molecule has 0 spiro atoms. The first-order chi connectivity index (χ1) is 25.4. The summed E-state index contributed by atoms with van der Waals surface area (Å²) in [6.45, 7) is 4.50. The van der Waals surface area contributed by atoms with Crippen molar-refractivity contribution in [3.05, 3.63) is 213 Å². The van der Waals surface area contributed by atoms with Crippen molar-refractivity contribution in [3.8, 4) is 11.5 Å². The SMILES string of the molecule is [B]1Oc2ccccc2O1.[C-]#[O+].[Cl][Ru].c1ccc(P(c2ccccc2)c2ccccc2)cc1.c1ccc(P(c2ccccc2)c2ccccc2)cc1. The first-order valence-electron chi connectivity index (χ1n) is 15.9. The fourth-order valence-electron chi connectivity index (χ4n) is 5.13. The van der Waals surface area contributed by atoms with E-state index in [2.05, 4.69) is 198 Å². The number of rotatable bonds is 6. The number of fused-ring (bicyclic) bond motifs is 1. The molecule has 51 heavy (non-hydrogen) atoms. The average molecular weight is 808 g/mol. The second kappa shape index (κ2) is 23.2. The smallest absolute Gasteiger partial charge is 0.0134 e. The third-order valence-electron chi connectivity index (χ3n) is 7.29. The van der Waals surface area contributed by atoms with E-state index < -0.39 is 15.8 Å². The average Bonchev–Trinajstić information content (AvgIpc) is 3.72. The first-order valence-corrected chi connectivity index (χ1v) is 20.8. The summed E-state index contributed by atoms with van der Waals surface area (Å²) in [6, 6.07) is 72.2. The number of hydrogen-bond acceptors (Lipinski definition) is 2. The summed E-state index contributed by atoms with van der Waals surface area (Å²) in [5.41, 5.74) is 0. The number of halogens is 1.